The molecule has 2 bridgehead atoms. The van der Waals surface area contributed by atoms with Crippen LogP contribution in [-0.4, -0.2) is 84.4 Å². The second kappa shape index (κ2) is 8.75. The van der Waals surface area contributed by atoms with Crippen molar-refractivity contribution in [1.82, 2.24) is 19.7 Å². The predicted molar refractivity (Wildman–Crippen MR) is 147 cm³/mol. The summed E-state index contributed by atoms with van der Waals surface area (Å²) in [6.45, 7) is 9.60. The van der Waals surface area contributed by atoms with Crippen LogP contribution in [0.5, 0.6) is 11.5 Å². The number of carbonyl (C=O) groups excluding carboxylic acids is 2. The molecule has 208 valence electrons. The number of fused-ring (bicyclic) bond motifs is 2. The van der Waals surface area contributed by atoms with Gasteiger partial charge in [0.15, 0.2) is 11.5 Å². The molecule has 2 aliphatic carbocycles. The van der Waals surface area contributed by atoms with Crippen molar-refractivity contribution < 1.29 is 19.1 Å². The highest BCUT2D eigenvalue weighted by molar-refractivity contribution is 5.95. The number of hydrogen-bond donors (Lipinski definition) is 1. The molecule has 8 nitrogen and oxygen atoms in total. The summed E-state index contributed by atoms with van der Waals surface area (Å²) in [5, 5.41) is 0. The first-order valence-electron chi connectivity index (χ1n) is 14.6. The van der Waals surface area contributed by atoms with Gasteiger partial charge in [-0.05, 0) is 74.4 Å². The Hall–Kier alpha value is -3.00. The maximum absolute atomic E-state index is 13.9. The van der Waals surface area contributed by atoms with Crippen LogP contribution in [0.4, 0.5) is 0 Å². The molecule has 39 heavy (non-hydrogen) atoms. The van der Waals surface area contributed by atoms with Crippen molar-refractivity contribution >= 4 is 11.8 Å². The van der Waals surface area contributed by atoms with Crippen molar-refractivity contribution in [3.05, 3.63) is 45.8 Å². The molecular weight excluding hydrogens is 492 g/mol. The Labute approximate surface area is 230 Å². The molecule has 2 saturated heterocycles. The van der Waals surface area contributed by atoms with Crippen LogP contribution in [0.15, 0.2) is 12.1 Å². The van der Waals surface area contributed by atoms with Gasteiger partial charge in [0.2, 0.25) is 5.91 Å². The summed E-state index contributed by atoms with van der Waals surface area (Å²) >= 11 is 0. The number of benzene rings is 1. The van der Waals surface area contributed by atoms with E-state index < -0.39 is 0 Å². The Balaban J connectivity index is 1.23. The van der Waals surface area contributed by atoms with Gasteiger partial charge in [0, 0.05) is 49.6 Å². The molecule has 4 atom stereocenters. The van der Waals surface area contributed by atoms with E-state index in [1.54, 1.807) is 7.11 Å². The Bertz CT molecular complexity index is 1360. The maximum atomic E-state index is 13.9. The zero-order chi connectivity index (χ0) is 27.2. The van der Waals surface area contributed by atoms with Gasteiger partial charge in [-0.25, -0.2) is 0 Å². The van der Waals surface area contributed by atoms with E-state index in [0.29, 0.717) is 56.2 Å². The summed E-state index contributed by atoms with van der Waals surface area (Å²) in [6, 6.07) is 4.75. The van der Waals surface area contributed by atoms with Gasteiger partial charge in [0.1, 0.15) is 11.8 Å². The average molecular weight is 533 g/mol. The van der Waals surface area contributed by atoms with Gasteiger partial charge in [-0.15, -0.1) is 0 Å². The number of piperidine rings is 1. The van der Waals surface area contributed by atoms with Gasteiger partial charge in [-0.3, -0.25) is 9.59 Å². The Morgan fingerprint density at radius 1 is 1.13 bits per heavy atom. The number of aromatic amines is 1. The number of carbonyl (C=O) groups is 2. The van der Waals surface area contributed by atoms with E-state index in [-0.39, 0.29) is 23.3 Å². The number of rotatable bonds is 4. The molecule has 4 heterocycles. The first kappa shape index (κ1) is 25.0. The van der Waals surface area contributed by atoms with Gasteiger partial charge >= 0.3 is 0 Å². The molecule has 5 aliphatic rings. The molecule has 7 rings (SSSR count). The minimum absolute atomic E-state index is 0.0344. The Morgan fingerprint density at radius 3 is 2.59 bits per heavy atom. The average Bonchev–Trinajstić information content (AvgIpc) is 3.44. The largest absolute Gasteiger partial charge is 0.493 e. The highest BCUT2D eigenvalue weighted by Crippen LogP contribution is 2.67. The van der Waals surface area contributed by atoms with Crippen LogP contribution in [0.3, 0.4) is 0 Å². The molecular formula is C31H40N4O4. The van der Waals surface area contributed by atoms with Gasteiger partial charge < -0.3 is 29.2 Å². The van der Waals surface area contributed by atoms with Crippen LogP contribution in [0, 0.1) is 18.8 Å². The smallest absolute Gasteiger partial charge is 0.270 e. The first-order valence-corrected chi connectivity index (χ1v) is 14.6. The fraction of sp³-hybridized carbons (Fsp3) is 0.613. The Kier molecular flexibility index (Phi) is 5.61. The molecule has 2 aromatic rings. The van der Waals surface area contributed by atoms with Crippen LogP contribution >= 0.6 is 0 Å². The number of nitrogens with one attached hydrogen (secondary N) is 1. The molecule has 1 unspecified atom stereocenters. The lowest BCUT2D eigenvalue weighted by Gasteiger charge is -2.57. The summed E-state index contributed by atoms with van der Waals surface area (Å²) in [6.07, 6.45) is 3.43. The predicted octanol–water partition coefficient (Wildman–Crippen LogP) is 3.47. The molecule has 8 heteroatoms. The summed E-state index contributed by atoms with van der Waals surface area (Å²) in [5.41, 5.74) is 6.72. The highest BCUT2D eigenvalue weighted by atomic mass is 16.5. The molecule has 2 amide bonds. The fourth-order valence-corrected chi connectivity index (χ4v) is 8.45. The van der Waals surface area contributed by atoms with Gasteiger partial charge in [0.25, 0.3) is 5.91 Å². The third-order valence-electron chi connectivity index (χ3n) is 10.4. The van der Waals surface area contributed by atoms with E-state index >= 15 is 0 Å². The van der Waals surface area contributed by atoms with Crippen LogP contribution in [-0.2, 0) is 23.1 Å². The van der Waals surface area contributed by atoms with Crippen molar-refractivity contribution in [3.63, 3.8) is 0 Å². The SMILES string of the molecule is COc1ccc2c3c1O[C@H]1c4[nH]c(C(=O)N5CCN(C(=O)CC(C)C)CC5)c(C)c4CC4[C@@H](C2)N(C)CC[C@@]341. The fourth-order valence-electron chi connectivity index (χ4n) is 8.45. The lowest BCUT2D eigenvalue weighted by atomic mass is 9.51. The number of nitrogens with zero attached hydrogens (tertiary/aromatic N) is 3. The van der Waals surface area contributed by atoms with Crippen molar-refractivity contribution in [3.8, 4) is 11.5 Å². The normalized spacial score (nSPS) is 28.7. The number of H-pyrrole nitrogens is 1. The summed E-state index contributed by atoms with van der Waals surface area (Å²) in [5.74, 6) is 2.71. The number of ether oxygens (including phenoxy) is 2. The van der Waals surface area contributed by atoms with E-state index in [1.165, 1.54) is 16.7 Å². The lowest BCUT2D eigenvalue weighted by Crippen LogP contribution is -2.62. The Morgan fingerprint density at radius 2 is 1.87 bits per heavy atom. The molecule has 1 N–H and O–H groups in total. The molecule has 0 saturated carbocycles. The molecule has 1 aromatic carbocycles. The molecule has 0 radical (unpaired) electrons. The zero-order valence-electron chi connectivity index (χ0n) is 23.8. The van der Waals surface area contributed by atoms with E-state index in [2.05, 4.69) is 49.8 Å². The molecule has 2 fully saturated rings. The number of amides is 2. The van der Waals surface area contributed by atoms with Crippen molar-refractivity contribution in [2.24, 2.45) is 11.8 Å². The van der Waals surface area contributed by atoms with Crippen molar-refractivity contribution in [2.45, 2.75) is 64.0 Å². The van der Waals surface area contributed by atoms with Crippen LogP contribution < -0.4 is 9.47 Å². The monoisotopic (exact) mass is 532 g/mol. The van der Waals surface area contributed by atoms with E-state index in [4.69, 9.17) is 9.47 Å². The van der Waals surface area contributed by atoms with Gasteiger partial charge in [0.05, 0.1) is 12.8 Å². The van der Waals surface area contributed by atoms with E-state index in [9.17, 15) is 9.59 Å². The lowest BCUT2D eigenvalue weighted by molar-refractivity contribution is -0.133. The molecule has 1 spiro atoms. The number of methoxy groups -OCH3 is 1. The number of piperazine rings is 1. The topological polar surface area (TPSA) is 78.1 Å². The number of hydrogen-bond acceptors (Lipinski definition) is 5. The second-order valence-electron chi connectivity index (χ2n) is 12.8. The van der Waals surface area contributed by atoms with Crippen molar-refractivity contribution in [2.75, 3.05) is 46.9 Å². The maximum Gasteiger partial charge on any atom is 0.270 e. The van der Waals surface area contributed by atoms with Crippen molar-refractivity contribution in [1.29, 1.82) is 0 Å². The first-order chi connectivity index (χ1) is 18.7. The van der Waals surface area contributed by atoms with Gasteiger partial charge in [-0.2, -0.15) is 0 Å². The molecule has 1 aromatic heterocycles. The minimum atomic E-state index is -0.140. The summed E-state index contributed by atoms with van der Waals surface area (Å²) in [7, 11) is 3.98. The quantitative estimate of drug-likeness (QED) is 0.653. The summed E-state index contributed by atoms with van der Waals surface area (Å²) in [4.78, 5) is 36.4. The standard InChI is InChI=1S/C31H40N4O4/c1-17(2)14-24(36)34-10-12-35(13-11-34)30(37)26-18(3)20-16-21-22-15-19-6-7-23(38-5)28-25(19)31(21,8-9-33(22)4)29(39-28)27(20)32-26/h6-7,17,21-22,29,32H,8-16H2,1-5H3/t21?,22-,29+,31+/m1/s1. The molecule has 3 aliphatic heterocycles. The highest BCUT2D eigenvalue weighted by Gasteiger charge is 2.65. The van der Waals surface area contributed by atoms with E-state index in [0.717, 1.165) is 48.6 Å². The van der Waals surface area contributed by atoms with Crippen LogP contribution in [0.2, 0.25) is 0 Å². The second-order valence-corrected chi connectivity index (χ2v) is 12.8. The van der Waals surface area contributed by atoms with E-state index in [1.807, 2.05) is 9.80 Å². The van der Waals surface area contributed by atoms with Crippen LogP contribution in [0.25, 0.3) is 0 Å². The third-order valence-corrected chi connectivity index (χ3v) is 10.4. The zero-order valence-corrected chi connectivity index (χ0v) is 23.8. The number of likely N-dealkylation sites (N-methyl/N-ethyl adjacent to an activating group) is 1. The van der Waals surface area contributed by atoms with Gasteiger partial charge in [-0.1, -0.05) is 19.9 Å². The number of likely N-dealkylation sites (tertiary alicyclic amines) is 1. The number of aromatic nitrogens is 1. The van der Waals surface area contributed by atoms with Crippen LogP contribution in [0.1, 0.15) is 71.2 Å². The summed E-state index contributed by atoms with van der Waals surface area (Å²) < 4.78 is 12.7. The third kappa shape index (κ3) is 3.39. The minimum Gasteiger partial charge on any atom is -0.493 e.